The maximum Gasteiger partial charge on any atom is 0.410 e. The molecule has 0 unspecified atom stereocenters. The van der Waals surface area contributed by atoms with Gasteiger partial charge in [-0.15, -0.1) is 11.3 Å². The van der Waals surface area contributed by atoms with Crippen LogP contribution in [0.3, 0.4) is 0 Å². The van der Waals surface area contributed by atoms with Crippen molar-refractivity contribution in [3.05, 3.63) is 45.8 Å². The number of rotatable bonds is 8. The number of hydrogen-bond donors (Lipinski definition) is 1. The van der Waals surface area contributed by atoms with E-state index in [9.17, 15) is 14.9 Å². The van der Waals surface area contributed by atoms with Gasteiger partial charge in [0, 0.05) is 17.0 Å². The number of hydrogen-bond acceptors (Lipinski definition) is 6. The second-order valence-corrected chi connectivity index (χ2v) is 8.33. The van der Waals surface area contributed by atoms with E-state index in [0.717, 1.165) is 29.7 Å². The SMILES string of the molecule is CCCCCOc1cccc(C(=O)Nc2sc3c(c2C#N)CCN(C(=O)OCC)C3)c1. The highest BCUT2D eigenvalue weighted by Gasteiger charge is 2.28. The monoisotopic (exact) mass is 441 g/mol. The molecule has 1 N–H and O–H groups in total. The van der Waals surface area contributed by atoms with E-state index in [0.29, 0.717) is 54.6 Å². The van der Waals surface area contributed by atoms with Crippen molar-refractivity contribution in [3.63, 3.8) is 0 Å². The molecule has 2 heterocycles. The van der Waals surface area contributed by atoms with Gasteiger partial charge in [-0.25, -0.2) is 4.79 Å². The molecule has 2 amide bonds. The Bertz CT molecular complexity index is 980. The highest BCUT2D eigenvalue weighted by Crippen LogP contribution is 2.37. The van der Waals surface area contributed by atoms with E-state index in [1.54, 1.807) is 30.0 Å². The second-order valence-electron chi connectivity index (χ2n) is 7.23. The Balaban J connectivity index is 1.71. The highest BCUT2D eigenvalue weighted by atomic mass is 32.1. The van der Waals surface area contributed by atoms with Gasteiger partial charge in [0.25, 0.3) is 5.91 Å². The summed E-state index contributed by atoms with van der Waals surface area (Å²) in [5, 5.41) is 13.1. The summed E-state index contributed by atoms with van der Waals surface area (Å²) in [6.07, 6.45) is 3.40. The second kappa shape index (κ2) is 10.8. The maximum absolute atomic E-state index is 12.8. The first-order valence-corrected chi connectivity index (χ1v) is 11.4. The van der Waals surface area contributed by atoms with Crippen molar-refractivity contribution in [2.75, 3.05) is 25.1 Å². The van der Waals surface area contributed by atoms with Crippen LogP contribution in [0.2, 0.25) is 0 Å². The third-order valence-electron chi connectivity index (χ3n) is 5.03. The molecule has 1 aliphatic heterocycles. The first kappa shape index (κ1) is 22.6. The maximum atomic E-state index is 12.8. The molecule has 3 rings (SSSR count). The van der Waals surface area contributed by atoms with Crippen LogP contribution in [0.15, 0.2) is 24.3 Å². The van der Waals surface area contributed by atoms with Gasteiger partial charge in [-0.05, 0) is 43.5 Å². The molecule has 2 aromatic rings. The molecule has 0 spiro atoms. The van der Waals surface area contributed by atoms with Gasteiger partial charge < -0.3 is 19.7 Å². The molecule has 7 nitrogen and oxygen atoms in total. The molecule has 1 aromatic heterocycles. The zero-order chi connectivity index (χ0) is 22.2. The molecule has 164 valence electrons. The van der Waals surface area contributed by atoms with Gasteiger partial charge in [0.15, 0.2) is 0 Å². The summed E-state index contributed by atoms with van der Waals surface area (Å²) in [4.78, 5) is 27.4. The van der Waals surface area contributed by atoms with Crippen molar-refractivity contribution in [2.24, 2.45) is 0 Å². The van der Waals surface area contributed by atoms with E-state index in [1.165, 1.54) is 11.3 Å². The number of nitriles is 1. The smallest absolute Gasteiger partial charge is 0.410 e. The van der Waals surface area contributed by atoms with Crippen molar-refractivity contribution in [1.29, 1.82) is 5.26 Å². The number of ether oxygens (including phenoxy) is 2. The average Bonchev–Trinajstić information content (AvgIpc) is 3.13. The summed E-state index contributed by atoms with van der Waals surface area (Å²) in [5.74, 6) is 0.358. The fourth-order valence-electron chi connectivity index (χ4n) is 3.42. The van der Waals surface area contributed by atoms with Crippen LogP contribution in [-0.4, -0.2) is 36.7 Å². The van der Waals surface area contributed by atoms with E-state index in [1.807, 2.05) is 6.07 Å². The van der Waals surface area contributed by atoms with Crippen LogP contribution >= 0.6 is 11.3 Å². The molecule has 1 aromatic carbocycles. The Morgan fingerprint density at radius 1 is 1.29 bits per heavy atom. The van der Waals surface area contributed by atoms with Gasteiger partial charge in [0.2, 0.25) is 0 Å². The number of fused-ring (bicyclic) bond motifs is 1. The van der Waals surface area contributed by atoms with Crippen molar-refractivity contribution >= 4 is 28.3 Å². The molecule has 0 aliphatic carbocycles. The van der Waals surface area contributed by atoms with E-state index in [2.05, 4.69) is 18.3 Å². The molecule has 31 heavy (non-hydrogen) atoms. The molecule has 8 heteroatoms. The molecule has 0 saturated heterocycles. The van der Waals surface area contributed by atoms with E-state index < -0.39 is 0 Å². The number of unbranched alkanes of at least 4 members (excludes halogenated alkanes) is 2. The molecule has 0 fully saturated rings. The van der Waals surface area contributed by atoms with Crippen LogP contribution in [0.25, 0.3) is 0 Å². The van der Waals surface area contributed by atoms with Crippen LogP contribution < -0.4 is 10.1 Å². The minimum Gasteiger partial charge on any atom is -0.494 e. The fraction of sp³-hybridized carbons (Fsp3) is 0.435. The van der Waals surface area contributed by atoms with Crippen molar-refractivity contribution in [2.45, 2.75) is 46.1 Å². The van der Waals surface area contributed by atoms with Crippen molar-refractivity contribution in [3.8, 4) is 11.8 Å². The molecule has 1 aliphatic rings. The Hall–Kier alpha value is -3.05. The summed E-state index contributed by atoms with van der Waals surface area (Å²) >= 11 is 1.34. The zero-order valence-electron chi connectivity index (χ0n) is 17.9. The van der Waals surface area contributed by atoms with Crippen LogP contribution in [0.1, 0.15) is 59.5 Å². The minimum atomic E-state index is -0.360. The molecule has 0 saturated carbocycles. The largest absolute Gasteiger partial charge is 0.494 e. The summed E-state index contributed by atoms with van der Waals surface area (Å²) < 4.78 is 10.8. The fourth-order valence-corrected chi connectivity index (χ4v) is 4.63. The first-order chi connectivity index (χ1) is 15.1. The lowest BCUT2D eigenvalue weighted by atomic mass is 10.0. The van der Waals surface area contributed by atoms with Crippen LogP contribution in [0.4, 0.5) is 9.80 Å². The number of amides is 2. The number of nitrogens with one attached hydrogen (secondary N) is 1. The standard InChI is InChI=1S/C23H27N3O4S/c1-3-5-6-12-30-17-9-7-8-16(13-17)21(27)25-22-19(14-24)18-10-11-26(15-20(18)31-22)23(28)29-4-2/h7-9,13H,3-6,10-12,15H2,1-2H3,(H,25,27). The number of anilines is 1. The number of thiophene rings is 1. The lowest BCUT2D eigenvalue weighted by Gasteiger charge is -2.25. The zero-order valence-corrected chi connectivity index (χ0v) is 18.7. The van der Waals surface area contributed by atoms with Gasteiger partial charge in [-0.3, -0.25) is 4.79 Å². The number of benzene rings is 1. The van der Waals surface area contributed by atoms with Gasteiger partial charge in [-0.1, -0.05) is 25.8 Å². The van der Waals surface area contributed by atoms with E-state index in [-0.39, 0.29) is 12.0 Å². The predicted octanol–water partition coefficient (Wildman–Crippen LogP) is 4.96. The highest BCUT2D eigenvalue weighted by molar-refractivity contribution is 7.16. The topological polar surface area (TPSA) is 91.7 Å². The molecule has 0 bridgehead atoms. The number of carbonyl (C=O) groups excluding carboxylic acids is 2. The lowest BCUT2D eigenvalue weighted by Crippen LogP contribution is -2.35. The summed E-state index contributed by atoms with van der Waals surface area (Å²) in [7, 11) is 0. The third kappa shape index (κ3) is 5.56. The average molecular weight is 442 g/mol. The molecule has 0 radical (unpaired) electrons. The summed E-state index contributed by atoms with van der Waals surface area (Å²) in [6.45, 7) is 5.71. The Kier molecular flexibility index (Phi) is 7.90. The van der Waals surface area contributed by atoms with E-state index >= 15 is 0 Å². The lowest BCUT2D eigenvalue weighted by molar-refractivity contribution is 0.102. The van der Waals surface area contributed by atoms with Gasteiger partial charge in [0.1, 0.15) is 16.8 Å². The quantitative estimate of drug-likeness (QED) is 0.585. The number of nitrogens with zero attached hydrogens (tertiary/aromatic N) is 2. The summed E-state index contributed by atoms with van der Waals surface area (Å²) in [5.41, 5.74) is 1.84. The molecular formula is C23H27N3O4S. The van der Waals surface area contributed by atoms with Gasteiger partial charge >= 0.3 is 6.09 Å². The van der Waals surface area contributed by atoms with Crippen molar-refractivity contribution < 1.29 is 19.1 Å². The Morgan fingerprint density at radius 3 is 2.87 bits per heavy atom. The minimum absolute atomic E-state index is 0.295. The van der Waals surface area contributed by atoms with Crippen LogP contribution in [-0.2, 0) is 17.7 Å². The molecule has 0 atom stereocenters. The van der Waals surface area contributed by atoms with E-state index in [4.69, 9.17) is 9.47 Å². The van der Waals surface area contributed by atoms with Gasteiger partial charge in [-0.2, -0.15) is 5.26 Å². The Morgan fingerprint density at radius 2 is 2.13 bits per heavy atom. The number of carbonyl (C=O) groups is 2. The first-order valence-electron chi connectivity index (χ1n) is 10.6. The van der Waals surface area contributed by atoms with Gasteiger partial charge in [0.05, 0.1) is 25.3 Å². The van der Waals surface area contributed by atoms with Crippen molar-refractivity contribution in [1.82, 2.24) is 4.90 Å². The third-order valence-corrected chi connectivity index (χ3v) is 6.17. The predicted molar refractivity (Wildman–Crippen MR) is 120 cm³/mol. The normalized spacial score (nSPS) is 12.6. The van der Waals surface area contributed by atoms with Crippen LogP contribution in [0, 0.1) is 11.3 Å². The molecular weight excluding hydrogens is 414 g/mol. The Labute approximate surface area is 186 Å². The summed E-state index contributed by atoms with van der Waals surface area (Å²) in [6, 6.07) is 9.26. The van der Waals surface area contributed by atoms with Crippen LogP contribution in [0.5, 0.6) is 5.75 Å².